The quantitative estimate of drug-likeness (QED) is 0.267. The molecule has 1 unspecified atom stereocenters. The number of anilines is 2. The van der Waals surface area contributed by atoms with E-state index in [1.165, 1.54) is 24.0 Å². The SMILES string of the molecule is Cc1ccc(C(=O)NC2=NCC=C2)cc1Nc1ncnn2cc(C(=O)N(C(=O)OCOC(=O)C(C)O)C3CC3)c(C)c12. The number of nitrogens with zero attached hydrogens (tertiary/aromatic N) is 5. The van der Waals surface area contributed by atoms with Gasteiger partial charge in [-0.3, -0.25) is 14.6 Å². The molecule has 2 aromatic heterocycles. The molecule has 14 nitrogen and oxygen atoms in total. The van der Waals surface area contributed by atoms with Gasteiger partial charge in [-0.2, -0.15) is 5.10 Å². The molecule has 3 amide bonds. The van der Waals surface area contributed by atoms with Gasteiger partial charge < -0.3 is 25.2 Å². The van der Waals surface area contributed by atoms with E-state index in [0.717, 1.165) is 10.5 Å². The van der Waals surface area contributed by atoms with Gasteiger partial charge in [0.05, 0.1) is 12.1 Å². The second-order valence-corrected chi connectivity index (χ2v) is 9.88. The van der Waals surface area contributed by atoms with Crippen molar-refractivity contribution in [1.29, 1.82) is 0 Å². The summed E-state index contributed by atoms with van der Waals surface area (Å²) in [5.74, 6) is -0.982. The van der Waals surface area contributed by atoms with Crippen LogP contribution in [0.5, 0.6) is 0 Å². The van der Waals surface area contributed by atoms with Crippen LogP contribution in [0.2, 0.25) is 0 Å². The van der Waals surface area contributed by atoms with E-state index in [9.17, 15) is 24.3 Å². The van der Waals surface area contributed by atoms with Crippen molar-refractivity contribution >= 4 is 46.7 Å². The lowest BCUT2D eigenvalue weighted by molar-refractivity contribution is -0.161. The summed E-state index contributed by atoms with van der Waals surface area (Å²) in [5, 5.41) is 19.5. The first kappa shape index (κ1) is 28.4. The number of benzene rings is 1. The zero-order chi connectivity index (χ0) is 30.0. The number of rotatable bonds is 8. The fourth-order valence-corrected chi connectivity index (χ4v) is 4.32. The summed E-state index contributed by atoms with van der Waals surface area (Å²) in [7, 11) is 0. The average Bonchev–Trinajstić information content (AvgIpc) is 3.53. The predicted molar refractivity (Wildman–Crippen MR) is 149 cm³/mol. The van der Waals surface area contributed by atoms with Crippen LogP contribution in [0.25, 0.3) is 5.52 Å². The van der Waals surface area contributed by atoms with Crippen molar-refractivity contribution in [1.82, 2.24) is 24.8 Å². The van der Waals surface area contributed by atoms with Crippen molar-refractivity contribution in [2.75, 3.05) is 18.7 Å². The van der Waals surface area contributed by atoms with Gasteiger partial charge in [-0.25, -0.2) is 24.0 Å². The van der Waals surface area contributed by atoms with Crippen molar-refractivity contribution in [3.8, 4) is 0 Å². The van der Waals surface area contributed by atoms with E-state index in [4.69, 9.17) is 4.74 Å². The lowest BCUT2D eigenvalue weighted by Crippen LogP contribution is -2.40. The van der Waals surface area contributed by atoms with Gasteiger partial charge in [0.2, 0.25) is 6.79 Å². The Morgan fingerprint density at radius 3 is 2.67 bits per heavy atom. The highest BCUT2D eigenvalue weighted by Gasteiger charge is 2.40. The van der Waals surface area contributed by atoms with Crippen molar-refractivity contribution in [3.05, 3.63) is 65.1 Å². The van der Waals surface area contributed by atoms with Crippen LogP contribution in [0.1, 0.15) is 51.6 Å². The molecule has 42 heavy (non-hydrogen) atoms. The molecule has 1 atom stereocenters. The van der Waals surface area contributed by atoms with E-state index in [2.05, 4.69) is 30.4 Å². The highest BCUT2D eigenvalue weighted by Crippen LogP contribution is 2.32. The largest absolute Gasteiger partial charge is 0.426 e. The number of hydrogen-bond donors (Lipinski definition) is 3. The second kappa shape index (κ2) is 11.8. The first-order chi connectivity index (χ1) is 20.1. The van der Waals surface area contributed by atoms with E-state index >= 15 is 0 Å². The van der Waals surface area contributed by atoms with Crippen LogP contribution >= 0.6 is 0 Å². The maximum atomic E-state index is 13.6. The summed E-state index contributed by atoms with van der Waals surface area (Å²) < 4.78 is 11.2. The van der Waals surface area contributed by atoms with Crippen LogP contribution in [0.4, 0.5) is 16.3 Å². The van der Waals surface area contributed by atoms with Gasteiger partial charge >= 0.3 is 12.1 Å². The fraction of sp³-hybridized carbons (Fsp3) is 0.321. The van der Waals surface area contributed by atoms with Crippen LogP contribution in [-0.4, -0.2) is 79.8 Å². The Labute approximate surface area is 240 Å². The summed E-state index contributed by atoms with van der Waals surface area (Å²) in [6, 6.07) is 4.85. The number of fused-ring (bicyclic) bond motifs is 1. The molecule has 3 N–H and O–H groups in total. The van der Waals surface area contributed by atoms with Crippen molar-refractivity contribution < 1.29 is 33.8 Å². The molecular weight excluding hydrogens is 546 g/mol. The molecule has 5 rings (SSSR count). The number of imide groups is 1. The molecule has 0 spiro atoms. The molecule has 1 fully saturated rings. The Hall–Kier alpha value is -5.11. The molecule has 14 heteroatoms. The normalized spacial score (nSPS) is 14.7. The molecule has 1 aliphatic carbocycles. The summed E-state index contributed by atoms with van der Waals surface area (Å²) in [6.07, 6.45) is 5.29. The second-order valence-electron chi connectivity index (χ2n) is 9.88. The molecule has 3 aromatic rings. The van der Waals surface area contributed by atoms with Crippen LogP contribution < -0.4 is 10.6 Å². The summed E-state index contributed by atoms with van der Waals surface area (Å²) in [4.78, 5) is 60.2. The molecule has 2 aliphatic rings. The third-order valence-corrected chi connectivity index (χ3v) is 6.75. The minimum absolute atomic E-state index is 0.207. The summed E-state index contributed by atoms with van der Waals surface area (Å²) in [6.45, 7) is 4.60. The number of nitrogens with one attached hydrogen (secondary N) is 2. The number of carbonyl (C=O) groups excluding carboxylic acids is 4. The topological polar surface area (TPSA) is 177 Å². The highest BCUT2D eigenvalue weighted by atomic mass is 16.7. The van der Waals surface area contributed by atoms with Gasteiger partial charge in [-0.1, -0.05) is 12.1 Å². The number of ether oxygens (including phenoxy) is 2. The van der Waals surface area contributed by atoms with Gasteiger partial charge in [-0.15, -0.1) is 0 Å². The molecule has 0 radical (unpaired) electrons. The van der Waals surface area contributed by atoms with E-state index in [-0.39, 0.29) is 17.5 Å². The fourth-order valence-electron chi connectivity index (χ4n) is 4.32. The third-order valence-electron chi connectivity index (χ3n) is 6.75. The summed E-state index contributed by atoms with van der Waals surface area (Å²) in [5.41, 5.74) is 3.10. The Bertz CT molecular complexity index is 1640. The van der Waals surface area contributed by atoms with E-state index in [0.29, 0.717) is 53.4 Å². The Morgan fingerprint density at radius 2 is 1.98 bits per heavy atom. The van der Waals surface area contributed by atoms with Crippen LogP contribution in [0.15, 0.2) is 47.9 Å². The average molecular weight is 576 g/mol. The first-order valence-electron chi connectivity index (χ1n) is 13.2. The minimum atomic E-state index is -1.38. The molecular formula is C28H29N7O7. The molecule has 3 heterocycles. The van der Waals surface area contributed by atoms with Crippen LogP contribution in [0, 0.1) is 13.8 Å². The standard InChI is InChI=1S/C28H29N7O7/c1-15-6-7-18(25(37)33-22-5-4-10-29-22)11-21(15)32-24-23-16(2)20(12-34(23)31-13-30-24)26(38)35(19-8-9-19)28(40)42-14-41-27(39)17(3)36/h4-7,11-13,17,19,36H,8-10,14H2,1-3H3,(H,29,33,37)(H,30,31,32). The Balaban J connectivity index is 1.38. The number of aliphatic hydroxyl groups excluding tert-OH is 1. The lowest BCUT2D eigenvalue weighted by Gasteiger charge is -2.20. The van der Waals surface area contributed by atoms with Gasteiger partial charge in [-0.05, 0) is 62.9 Å². The zero-order valence-electron chi connectivity index (χ0n) is 23.2. The van der Waals surface area contributed by atoms with Gasteiger partial charge in [0, 0.05) is 23.5 Å². The number of esters is 1. The Morgan fingerprint density at radius 1 is 1.19 bits per heavy atom. The molecule has 1 aromatic carbocycles. The number of aromatic nitrogens is 3. The molecule has 0 bridgehead atoms. The predicted octanol–water partition coefficient (Wildman–Crippen LogP) is 2.41. The number of amidine groups is 1. The first-order valence-corrected chi connectivity index (χ1v) is 13.2. The Kier molecular flexibility index (Phi) is 7.97. The molecule has 218 valence electrons. The molecule has 1 aliphatic heterocycles. The van der Waals surface area contributed by atoms with E-state index in [1.807, 2.05) is 13.0 Å². The maximum Gasteiger partial charge on any atom is 0.419 e. The number of hydrogen-bond acceptors (Lipinski definition) is 11. The van der Waals surface area contributed by atoms with Crippen LogP contribution in [-0.2, 0) is 14.3 Å². The number of aliphatic hydroxyl groups is 1. The third kappa shape index (κ3) is 5.98. The number of aryl methyl sites for hydroxylation is 2. The summed E-state index contributed by atoms with van der Waals surface area (Å²) >= 11 is 0. The van der Waals surface area contributed by atoms with Gasteiger partial charge in [0.1, 0.15) is 23.8 Å². The molecule has 0 saturated heterocycles. The van der Waals surface area contributed by atoms with E-state index in [1.54, 1.807) is 31.2 Å². The maximum absolute atomic E-state index is 13.6. The smallest absolute Gasteiger partial charge is 0.419 e. The number of aliphatic imine (C=N–C) groups is 1. The van der Waals surface area contributed by atoms with Crippen LogP contribution in [0.3, 0.4) is 0 Å². The number of carbonyl (C=O) groups is 4. The zero-order valence-corrected chi connectivity index (χ0v) is 23.2. The van der Waals surface area contributed by atoms with Crippen molar-refractivity contribution in [3.63, 3.8) is 0 Å². The van der Waals surface area contributed by atoms with Crippen molar-refractivity contribution in [2.24, 2.45) is 4.99 Å². The lowest BCUT2D eigenvalue weighted by atomic mass is 10.1. The van der Waals surface area contributed by atoms with E-state index < -0.39 is 30.9 Å². The minimum Gasteiger partial charge on any atom is -0.426 e. The number of amides is 3. The monoisotopic (exact) mass is 575 g/mol. The van der Waals surface area contributed by atoms with Gasteiger partial charge in [0.15, 0.2) is 5.82 Å². The highest BCUT2D eigenvalue weighted by molar-refractivity contribution is 6.11. The van der Waals surface area contributed by atoms with Crippen molar-refractivity contribution in [2.45, 2.75) is 45.8 Å². The molecule has 1 saturated carbocycles. The van der Waals surface area contributed by atoms with Gasteiger partial charge in [0.25, 0.3) is 11.8 Å².